The maximum absolute atomic E-state index is 10.7. The van der Waals surface area contributed by atoms with Gasteiger partial charge in [0, 0.05) is 13.6 Å². The average Bonchev–Trinajstić information content (AvgIpc) is 2.86. The number of thioether (sulfide) groups is 1. The number of aliphatic carboxylic acids is 1. The molecule has 0 aromatic carbocycles. The van der Waals surface area contributed by atoms with Crippen molar-refractivity contribution >= 4 is 28.9 Å². The van der Waals surface area contributed by atoms with Gasteiger partial charge in [-0.05, 0) is 12.8 Å². The van der Waals surface area contributed by atoms with Gasteiger partial charge in [-0.1, -0.05) is 25.6 Å². The molecule has 0 spiro atoms. The average molecular weight is 282 g/mol. The van der Waals surface area contributed by atoms with E-state index in [9.17, 15) is 4.79 Å². The first kappa shape index (κ1) is 13.9. The minimum Gasteiger partial charge on any atom is -0.481 e. The van der Waals surface area contributed by atoms with E-state index in [4.69, 9.17) is 5.11 Å². The summed E-state index contributed by atoms with van der Waals surface area (Å²) < 4.78 is 3.90. The predicted molar refractivity (Wildman–Crippen MR) is 74.5 cm³/mol. The monoisotopic (exact) mass is 282 g/mol. The molecule has 0 aliphatic heterocycles. The van der Waals surface area contributed by atoms with Crippen LogP contribution >= 0.6 is 11.8 Å². The van der Waals surface area contributed by atoms with E-state index in [0.717, 1.165) is 41.4 Å². The van der Waals surface area contributed by atoms with Crippen LogP contribution in [-0.4, -0.2) is 36.2 Å². The zero-order valence-electron chi connectivity index (χ0n) is 11.4. The van der Waals surface area contributed by atoms with Crippen LogP contribution in [0.25, 0.3) is 11.2 Å². The van der Waals surface area contributed by atoms with Crippen LogP contribution in [0, 0.1) is 0 Å². The maximum Gasteiger partial charge on any atom is 0.313 e. The Morgan fingerprint density at radius 1 is 1.42 bits per heavy atom. The third-order valence-electron chi connectivity index (χ3n) is 2.86. The van der Waals surface area contributed by atoms with Crippen LogP contribution in [0.1, 0.15) is 26.0 Å². The molecular weight excluding hydrogens is 264 g/mol. The molecule has 0 atom stereocenters. The largest absolute Gasteiger partial charge is 0.481 e. The standard InChI is InChI=1S/C12H18N4O2S/c1-4-6-16-11-10(8(5-2)14-15(11)3)13-12(16)19-7-9(17)18/h4-7H2,1-3H3,(H,17,18). The Morgan fingerprint density at radius 2 is 2.16 bits per heavy atom. The molecule has 2 aromatic heterocycles. The summed E-state index contributed by atoms with van der Waals surface area (Å²) in [5, 5.41) is 14.0. The summed E-state index contributed by atoms with van der Waals surface area (Å²) in [6.45, 7) is 4.96. The number of rotatable bonds is 6. The van der Waals surface area contributed by atoms with Gasteiger partial charge in [-0.15, -0.1) is 0 Å². The van der Waals surface area contributed by atoms with Gasteiger partial charge in [0.2, 0.25) is 0 Å². The molecule has 1 N–H and O–H groups in total. The highest BCUT2D eigenvalue weighted by molar-refractivity contribution is 7.99. The number of carboxylic acid groups (broad SMARTS) is 1. The van der Waals surface area contributed by atoms with E-state index >= 15 is 0 Å². The molecule has 0 radical (unpaired) electrons. The molecule has 0 amide bonds. The SMILES string of the molecule is CCCn1c(SCC(=O)O)nc2c(CC)nn(C)c21. The highest BCUT2D eigenvalue weighted by atomic mass is 32.2. The first-order chi connectivity index (χ1) is 9.08. The van der Waals surface area contributed by atoms with Gasteiger partial charge in [0.15, 0.2) is 10.8 Å². The van der Waals surface area contributed by atoms with Gasteiger partial charge in [0.25, 0.3) is 0 Å². The molecule has 0 fully saturated rings. The summed E-state index contributed by atoms with van der Waals surface area (Å²) in [4.78, 5) is 15.3. The zero-order chi connectivity index (χ0) is 14.0. The molecule has 0 unspecified atom stereocenters. The van der Waals surface area contributed by atoms with Crippen molar-refractivity contribution in [2.45, 2.75) is 38.4 Å². The van der Waals surface area contributed by atoms with Gasteiger partial charge >= 0.3 is 5.97 Å². The lowest BCUT2D eigenvalue weighted by Crippen LogP contribution is -2.06. The summed E-state index contributed by atoms with van der Waals surface area (Å²) in [6.07, 6.45) is 1.79. The molecule has 2 aromatic rings. The van der Waals surface area contributed by atoms with E-state index < -0.39 is 5.97 Å². The lowest BCUT2D eigenvalue weighted by atomic mass is 10.3. The Hall–Kier alpha value is -1.50. The second kappa shape index (κ2) is 5.64. The highest BCUT2D eigenvalue weighted by Gasteiger charge is 2.18. The number of fused-ring (bicyclic) bond motifs is 1. The van der Waals surface area contributed by atoms with Gasteiger partial charge in [-0.3, -0.25) is 9.48 Å². The van der Waals surface area contributed by atoms with Gasteiger partial charge in [0.05, 0.1) is 11.4 Å². The van der Waals surface area contributed by atoms with Crippen molar-refractivity contribution < 1.29 is 9.90 Å². The molecule has 0 saturated carbocycles. The number of carbonyl (C=O) groups is 1. The zero-order valence-corrected chi connectivity index (χ0v) is 12.2. The van der Waals surface area contributed by atoms with Crippen molar-refractivity contribution in [1.29, 1.82) is 0 Å². The third-order valence-corrected chi connectivity index (χ3v) is 3.82. The van der Waals surface area contributed by atoms with E-state index in [0.29, 0.717) is 0 Å². The van der Waals surface area contributed by atoms with Crippen LogP contribution in [0.2, 0.25) is 0 Å². The van der Waals surface area contributed by atoms with Gasteiger partial charge < -0.3 is 9.67 Å². The van der Waals surface area contributed by atoms with Gasteiger partial charge in [0.1, 0.15) is 5.52 Å². The Bertz CT molecular complexity index is 602. The second-order valence-corrected chi connectivity index (χ2v) is 5.27. The van der Waals surface area contributed by atoms with Crippen molar-refractivity contribution in [1.82, 2.24) is 19.3 Å². The lowest BCUT2D eigenvalue weighted by molar-refractivity contribution is -0.133. The second-order valence-electron chi connectivity index (χ2n) is 4.32. The number of carboxylic acids is 1. The summed E-state index contributed by atoms with van der Waals surface area (Å²) >= 11 is 1.26. The normalized spacial score (nSPS) is 11.3. The lowest BCUT2D eigenvalue weighted by Gasteiger charge is -2.06. The van der Waals surface area contributed by atoms with E-state index in [1.54, 1.807) is 0 Å². The summed E-state index contributed by atoms with van der Waals surface area (Å²) in [6, 6.07) is 0. The molecule has 2 heterocycles. The summed E-state index contributed by atoms with van der Waals surface area (Å²) in [5.74, 6) is -0.795. The Labute approximate surface area is 115 Å². The van der Waals surface area contributed by atoms with Crippen molar-refractivity contribution in [3.8, 4) is 0 Å². The van der Waals surface area contributed by atoms with E-state index in [2.05, 4.69) is 21.6 Å². The molecule has 19 heavy (non-hydrogen) atoms. The molecule has 0 aliphatic rings. The van der Waals surface area contributed by atoms with E-state index in [1.807, 2.05) is 18.7 Å². The minimum atomic E-state index is -0.825. The smallest absolute Gasteiger partial charge is 0.313 e. The number of hydrogen-bond donors (Lipinski definition) is 1. The Kier molecular flexibility index (Phi) is 4.14. The van der Waals surface area contributed by atoms with Crippen molar-refractivity contribution in [3.63, 3.8) is 0 Å². The molecular formula is C12H18N4O2S. The van der Waals surface area contributed by atoms with Crippen molar-refractivity contribution in [2.75, 3.05) is 5.75 Å². The maximum atomic E-state index is 10.7. The van der Waals surface area contributed by atoms with Gasteiger partial charge in [-0.25, -0.2) is 4.98 Å². The molecule has 7 heteroatoms. The minimum absolute atomic E-state index is 0.0297. The van der Waals surface area contributed by atoms with E-state index in [-0.39, 0.29) is 5.75 Å². The van der Waals surface area contributed by atoms with Crippen LogP contribution in [0.4, 0.5) is 0 Å². The number of aryl methyl sites for hydroxylation is 3. The van der Waals surface area contributed by atoms with Crippen LogP contribution < -0.4 is 0 Å². The molecule has 0 aliphatic carbocycles. The molecule has 0 saturated heterocycles. The van der Waals surface area contributed by atoms with Crippen LogP contribution in [0.3, 0.4) is 0 Å². The molecule has 104 valence electrons. The van der Waals surface area contributed by atoms with Crippen molar-refractivity contribution in [2.24, 2.45) is 7.05 Å². The number of imidazole rings is 1. The fourth-order valence-electron chi connectivity index (χ4n) is 2.12. The quantitative estimate of drug-likeness (QED) is 0.819. The molecule has 0 bridgehead atoms. The van der Waals surface area contributed by atoms with E-state index in [1.165, 1.54) is 11.8 Å². The first-order valence-corrected chi connectivity index (χ1v) is 7.33. The first-order valence-electron chi connectivity index (χ1n) is 6.35. The number of hydrogen-bond acceptors (Lipinski definition) is 4. The number of aromatic nitrogens is 4. The van der Waals surface area contributed by atoms with Crippen LogP contribution in [0.15, 0.2) is 5.16 Å². The summed E-state index contributed by atoms with van der Waals surface area (Å²) in [5.41, 5.74) is 2.84. The fraction of sp³-hybridized carbons (Fsp3) is 0.583. The topological polar surface area (TPSA) is 72.9 Å². The molecule has 6 nitrogen and oxygen atoms in total. The molecule has 2 rings (SSSR count). The Balaban J connectivity index is 2.50. The summed E-state index contributed by atoms with van der Waals surface area (Å²) in [7, 11) is 1.90. The van der Waals surface area contributed by atoms with Crippen LogP contribution in [0.5, 0.6) is 0 Å². The van der Waals surface area contributed by atoms with Crippen LogP contribution in [-0.2, 0) is 24.8 Å². The van der Waals surface area contributed by atoms with Crippen molar-refractivity contribution in [3.05, 3.63) is 5.69 Å². The Morgan fingerprint density at radius 3 is 2.74 bits per heavy atom. The highest BCUT2D eigenvalue weighted by Crippen LogP contribution is 2.26. The van der Waals surface area contributed by atoms with Gasteiger partial charge in [-0.2, -0.15) is 5.10 Å². The third kappa shape index (κ3) is 2.60. The predicted octanol–water partition coefficient (Wildman–Crippen LogP) is 1.92. The number of nitrogens with zero attached hydrogens (tertiary/aromatic N) is 4. The fourth-order valence-corrected chi connectivity index (χ4v) is 2.86.